The summed E-state index contributed by atoms with van der Waals surface area (Å²) in [4.78, 5) is 19.8. The van der Waals surface area contributed by atoms with Crippen molar-refractivity contribution < 1.29 is 4.79 Å². The molecule has 0 fully saturated rings. The monoisotopic (exact) mass is 319 g/mol. The summed E-state index contributed by atoms with van der Waals surface area (Å²) >= 11 is 0. The van der Waals surface area contributed by atoms with Gasteiger partial charge in [0.1, 0.15) is 17.3 Å². The van der Waals surface area contributed by atoms with E-state index in [2.05, 4.69) is 48.7 Å². The summed E-state index contributed by atoms with van der Waals surface area (Å²) in [6.45, 7) is 6.97. The van der Waals surface area contributed by atoms with Gasteiger partial charge in [-0.3, -0.25) is 0 Å². The van der Waals surface area contributed by atoms with E-state index >= 15 is 0 Å². The van der Waals surface area contributed by atoms with Crippen LogP contribution in [0, 0.1) is 13.8 Å². The Morgan fingerprint density at radius 2 is 1.83 bits per heavy atom. The number of aromatic nitrogens is 3. The number of pyridine rings is 1. The van der Waals surface area contributed by atoms with Gasteiger partial charge in [-0.25, -0.2) is 14.8 Å². The fourth-order valence-electron chi connectivity index (χ4n) is 3.01. The molecule has 0 radical (unpaired) electrons. The summed E-state index contributed by atoms with van der Waals surface area (Å²) in [5.74, 6) is 2.87. The van der Waals surface area contributed by atoms with Crippen molar-refractivity contribution in [3.63, 3.8) is 0 Å². The molecule has 0 aliphatic rings. The zero-order chi connectivity index (χ0) is 17.1. The van der Waals surface area contributed by atoms with Gasteiger partial charge in [0.05, 0.1) is 6.54 Å². The van der Waals surface area contributed by atoms with Gasteiger partial charge in [0.15, 0.2) is 5.65 Å². The van der Waals surface area contributed by atoms with Gasteiger partial charge in [-0.2, -0.15) is 0 Å². The predicted octanol–water partition coefficient (Wildman–Crippen LogP) is 3.59. The number of nitrogens with zero attached hydrogens (tertiary/aromatic N) is 3. The lowest BCUT2D eigenvalue weighted by Gasteiger charge is -2.09. The van der Waals surface area contributed by atoms with Crippen LogP contribution in [-0.4, -0.2) is 20.5 Å². The molecular weight excluding hydrogens is 298 g/mol. The van der Waals surface area contributed by atoms with Crippen LogP contribution >= 0.6 is 0 Å². The minimum absolute atomic E-state index is 0.623. The number of carbonyl (C=O) groups excluding carboxylic acids is 1. The number of imidazole rings is 1. The standard InChI is InChI=1S/C20H21N3O/c1-4-18-22-19-14(2)12-15(3)21-20(19)23(18)13-17-9-7-16(8-10-17)6-5-11-24/h5,7-10,12H,4,6,13H2,1-3H3. The molecule has 2 heterocycles. The molecule has 0 N–H and O–H groups in total. The number of rotatable bonds is 5. The van der Waals surface area contributed by atoms with Gasteiger partial charge in [-0.1, -0.05) is 31.2 Å². The molecule has 0 bridgehead atoms. The topological polar surface area (TPSA) is 47.8 Å². The fourth-order valence-corrected chi connectivity index (χ4v) is 3.01. The van der Waals surface area contributed by atoms with Crippen molar-refractivity contribution in [3.8, 4) is 0 Å². The average molecular weight is 319 g/mol. The molecule has 0 saturated carbocycles. The first-order chi connectivity index (χ1) is 11.6. The lowest BCUT2D eigenvalue weighted by atomic mass is 10.1. The number of hydrogen-bond donors (Lipinski definition) is 0. The molecule has 3 aromatic rings. The van der Waals surface area contributed by atoms with Crippen LogP contribution in [0.4, 0.5) is 0 Å². The molecule has 2 aromatic heterocycles. The Labute approximate surface area is 141 Å². The van der Waals surface area contributed by atoms with Gasteiger partial charge in [0.2, 0.25) is 0 Å². The molecule has 0 amide bonds. The number of fused-ring (bicyclic) bond motifs is 1. The van der Waals surface area contributed by atoms with Crippen LogP contribution in [-0.2, 0) is 24.2 Å². The Morgan fingerprint density at radius 1 is 1.12 bits per heavy atom. The van der Waals surface area contributed by atoms with Gasteiger partial charge in [0.25, 0.3) is 0 Å². The summed E-state index contributed by atoms with van der Waals surface area (Å²) in [7, 11) is 0. The van der Waals surface area contributed by atoms with Crippen LogP contribution in [0.1, 0.15) is 35.1 Å². The second-order valence-electron chi connectivity index (χ2n) is 6.06. The first-order valence-electron chi connectivity index (χ1n) is 8.23. The number of benzene rings is 1. The number of allylic oxidation sites excluding steroid dienone is 1. The van der Waals surface area contributed by atoms with Crippen LogP contribution in [0.25, 0.3) is 11.2 Å². The van der Waals surface area contributed by atoms with Crippen molar-refractivity contribution in [2.45, 2.75) is 40.2 Å². The van der Waals surface area contributed by atoms with E-state index in [4.69, 9.17) is 9.97 Å². The average Bonchev–Trinajstić information content (AvgIpc) is 2.92. The third-order valence-electron chi connectivity index (χ3n) is 4.20. The van der Waals surface area contributed by atoms with Crippen LogP contribution in [0.2, 0.25) is 0 Å². The molecular formula is C20H21N3O. The minimum Gasteiger partial charge on any atom is -0.308 e. The molecule has 122 valence electrons. The van der Waals surface area contributed by atoms with Gasteiger partial charge in [-0.15, -0.1) is 0 Å². The van der Waals surface area contributed by atoms with E-state index in [0.29, 0.717) is 6.42 Å². The van der Waals surface area contributed by atoms with Crippen molar-refractivity contribution in [2.24, 2.45) is 0 Å². The van der Waals surface area contributed by atoms with Crippen molar-refractivity contribution in [1.82, 2.24) is 14.5 Å². The molecule has 0 spiro atoms. The van der Waals surface area contributed by atoms with E-state index in [1.165, 1.54) is 17.2 Å². The highest BCUT2D eigenvalue weighted by molar-refractivity contribution is 5.76. The van der Waals surface area contributed by atoms with Crippen molar-refractivity contribution >= 4 is 17.1 Å². The molecule has 4 heteroatoms. The Balaban J connectivity index is 1.98. The Morgan fingerprint density at radius 3 is 2.50 bits per heavy atom. The van der Waals surface area contributed by atoms with Crippen molar-refractivity contribution in [2.75, 3.05) is 0 Å². The molecule has 0 saturated heterocycles. The van der Waals surface area contributed by atoms with Gasteiger partial charge in [0, 0.05) is 24.6 Å². The molecule has 1 aromatic carbocycles. The Bertz CT molecular complexity index is 916. The number of aryl methyl sites for hydroxylation is 3. The molecule has 0 aliphatic heterocycles. The largest absolute Gasteiger partial charge is 0.308 e. The smallest absolute Gasteiger partial charge is 0.160 e. The maximum Gasteiger partial charge on any atom is 0.160 e. The highest BCUT2D eigenvalue weighted by atomic mass is 16.1. The van der Waals surface area contributed by atoms with Gasteiger partial charge >= 0.3 is 0 Å². The van der Waals surface area contributed by atoms with Crippen LogP contribution in [0.5, 0.6) is 0 Å². The van der Waals surface area contributed by atoms with Gasteiger partial charge in [-0.05, 0) is 36.6 Å². The van der Waals surface area contributed by atoms with E-state index in [9.17, 15) is 4.79 Å². The first-order valence-corrected chi connectivity index (χ1v) is 8.23. The summed E-state index contributed by atoms with van der Waals surface area (Å²) in [6.07, 6.45) is 3.00. The maximum absolute atomic E-state index is 10.3. The van der Waals surface area contributed by atoms with E-state index in [-0.39, 0.29) is 0 Å². The molecule has 24 heavy (non-hydrogen) atoms. The lowest BCUT2D eigenvalue weighted by molar-refractivity contribution is 0.568. The summed E-state index contributed by atoms with van der Waals surface area (Å²) in [5.41, 5.74) is 6.44. The fraction of sp³-hybridized carbons (Fsp3) is 0.300. The minimum atomic E-state index is 0.623. The highest BCUT2D eigenvalue weighted by Gasteiger charge is 2.13. The maximum atomic E-state index is 10.3. The van der Waals surface area contributed by atoms with E-state index < -0.39 is 0 Å². The molecule has 0 unspecified atom stereocenters. The molecule has 4 nitrogen and oxygen atoms in total. The highest BCUT2D eigenvalue weighted by Crippen LogP contribution is 2.21. The van der Waals surface area contributed by atoms with E-state index in [1.807, 2.05) is 12.9 Å². The van der Waals surface area contributed by atoms with E-state index in [1.54, 1.807) is 0 Å². The predicted molar refractivity (Wildman–Crippen MR) is 95.9 cm³/mol. The Hall–Kier alpha value is -2.71. The molecule has 0 atom stereocenters. The zero-order valence-corrected chi connectivity index (χ0v) is 14.3. The zero-order valence-electron chi connectivity index (χ0n) is 14.3. The summed E-state index contributed by atoms with van der Waals surface area (Å²) in [5, 5.41) is 0. The summed E-state index contributed by atoms with van der Waals surface area (Å²) in [6, 6.07) is 10.4. The lowest BCUT2D eigenvalue weighted by Crippen LogP contribution is -2.05. The Kier molecular flexibility index (Phi) is 4.59. The molecule has 3 rings (SSSR count). The van der Waals surface area contributed by atoms with Crippen LogP contribution in [0.15, 0.2) is 36.4 Å². The van der Waals surface area contributed by atoms with Crippen LogP contribution < -0.4 is 0 Å². The summed E-state index contributed by atoms with van der Waals surface area (Å²) < 4.78 is 2.20. The van der Waals surface area contributed by atoms with Crippen molar-refractivity contribution in [1.29, 1.82) is 0 Å². The second-order valence-corrected chi connectivity index (χ2v) is 6.06. The van der Waals surface area contributed by atoms with E-state index in [0.717, 1.165) is 41.2 Å². The van der Waals surface area contributed by atoms with Crippen LogP contribution in [0.3, 0.4) is 0 Å². The quantitative estimate of drug-likeness (QED) is 0.675. The third kappa shape index (κ3) is 3.15. The normalized spacial score (nSPS) is 10.8. The van der Waals surface area contributed by atoms with Crippen molar-refractivity contribution in [3.05, 3.63) is 64.6 Å². The molecule has 0 aliphatic carbocycles. The van der Waals surface area contributed by atoms with Gasteiger partial charge < -0.3 is 4.57 Å². The number of hydrogen-bond acceptors (Lipinski definition) is 3. The SMILES string of the molecule is CCc1nc2c(C)cc(C)nc2n1Cc1ccc(CC=C=O)cc1. The first kappa shape index (κ1) is 16.2. The third-order valence-corrected chi connectivity index (χ3v) is 4.20. The second kappa shape index (κ2) is 6.81.